The first-order valence-electron chi connectivity index (χ1n) is 8.18. The molecule has 27 heavy (non-hydrogen) atoms. The van der Waals surface area contributed by atoms with Gasteiger partial charge in [0.25, 0.3) is 0 Å². The van der Waals surface area contributed by atoms with E-state index in [4.69, 9.17) is 15.2 Å². The highest BCUT2D eigenvalue weighted by Gasteiger charge is 2.27. The van der Waals surface area contributed by atoms with Gasteiger partial charge in [-0.1, -0.05) is 24.3 Å². The molecule has 0 radical (unpaired) electrons. The first kappa shape index (κ1) is 21.9. The van der Waals surface area contributed by atoms with Crippen molar-refractivity contribution >= 4 is 23.9 Å². The quantitative estimate of drug-likeness (QED) is 0.594. The number of rotatable bonds is 8. The van der Waals surface area contributed by atoms with Gasteiger partial charge in [-0.2, -0.15) is 0 Å². The largest absolute Gasteiger partial charge is 0.550 e. The Balaban J connectivity index is 2.66. The minimum absolute atomic E-state index is 0.129. The fraction of sp³-hybridized carbons (Fsp3) is 0.444. The van der Waals surface area contributed by atoms with Crippen LogP contribution in [0.25, 0.3) is 0 Å². The van der Waals surface area contributed by atoms with Gasteiger partial charge >= 0.3 is 12.1 Å². The lowest BCUT2D eigenvalue weighted by Gasteiger charge is -2.22. The van der Waals surface area contributed by atoms with Gasteiger partial charge in [0.1, 0.15) is 18.2 Å². The monoisotopic (exact) mass is 379 g/mol. The zero-order valence-electron chi connectivity index (χ0n) is 15.4. The molecule has 1 atom stereocenters. The Labute approximate surface area is 156 Å². The molecule has 0 unspecified atom stereocenters. The Morgan fingerprint density at radius 3 is 2.15 bits per heavy atom. The van der Waals surface area contributed by atoms with Crippen molar-refractivity contribution in [1.82, 2.24) is 5.32 Å². The SMILES string of the molecule is CC(C)(C)OC(=O)N[C@@H](CC(N)=O)C(=O)OCc1ccc(CC(=O)[O-])cc1. The molecular formula is C18H23N2O7-. The number of carboxylic acids is 1. The molecule has 2 amide bonds. The van der Waals surface area contributed by atoms with Crippen LogP contribution in [0.3, 0.4) is 0 Å². The van der Waals surface area contributed by atoms with Gasteiger partial charge in [0.2, 0.25) is 5.91 Å². The van der Waals surface area contributed by atoms with Crippen molar-refractivity contribution in [2.24, 2.45) is 5.73 Å². The molecule has 148 valence electrons. The summed E-state index contributed by atoms with van der Waals surface area (Å²) < 4.78 is 10.1. The highest BCUT2D eigenvalue weighted by Crippen LogP contribution is 2.09. The number of amides is 2. The van der Waals surface area contributed by atoms with Gasteiger partial charge in [-0.15, -0.1) is 0 Å². The molecule has 1 rings (SSSR count). The van der Waals surface area contributed by atoms with E-state index in [9.17, 15) is 24.3 Å². The molecule has 0 saturated carbocycles. The van der Waals surface area contributed by atoms with Gasteiger partial charge in [-0.3, -0.25) is 4.79 Å². The average Bonchev–Trinajstić information content (AvgIpc) is 2.50. The Kier molecular flexibility index (Phi) is 7.77. The summed E-state index contributed by atoms with van der Waals surface area (Å²) in [6, 6.07) is 5.04. The van der Waals surface area contributed by atoms with Crippen molar-refractivity contribution in [2.45, 2.75) is 51.9 Å². The smallest absolute Gasteiger partial charge is 0.408 e. The van der Waals surface area contributed by atoms with Crippen LogP contribution < -0.4 is 16.2 Å². The van der Waals surface area contributed by atoms with Crippen molar-refractivity contribution in [3.8, 4) is 0 Å². The van der Waals surface area contributed by atoms with Crippen molar-refractivity contribution < 1.29 is 33.8 Å². The number of carbonyl (C=O) groups is 4. The predicted molar refractivity (Wildman–Crippen MR) is 91.9 cm³/mol. The highest BCUT2D eigenvalue weighted by molar-refractivity contribution is 5.87. The van der Waals surface area contributed by atoms with Crippen LogP contribution >= 0.6 is 0 Å². The van der Waals surface area contributed by atoms with E-state index >= 15 is 0 Å². The minimum Gasteiger partial charge on any atom is -0.550 e. The summed E-state index contributed by atoms with van der Waals surface area (Å²) in [6.07, 6.45) is -1.54. The number of carboxylic acid groups (broad SMARTS) is 1. The third-order valence-electron chi connectivity index (χ3n) is 3.13. The number of benzene rings is 1. The number of esters is 1. The number of aliphatic carboxylic acids is 1. The summed E-state index contributed by atoms with van der Waals surface area (Å²) in [4.78, 5) is 45.7. The number of ether oxygens (including phenoxy) is 2. The van der Waals surface area contributed by atoms with E-state index in [0.29, 0.717) is 11.1 Å². The zero-order valence-corrected chi connectivity index (χ0v) is 15.4. The van der Waals surface area contributed by atoms with Crippen LogP contribution in [0.15, 0.2) is 24.3 Å². The lowest BCUT2D eigenvalue weighted by atomic mass is 10.1. The normalized spacial score (nSPS) is 12.0. The standard InChI is InChI=1S/C18H24N2O7/c1-18(2,3)27-17(25)20-13(9-14(19)21)16(24)26-10-12-6-4-11(5-7-12)8-15(22)23/h4-7,13H,8-10H2,1-3H3,(H2,19,21)(H,20,25)(H,22,23)/p-1/t13-/m0/s1. The molecule has 0 aliphatic heterocycles. The summed E-state index contributed by atoms with van der Waals surface area (Å²) in [5, 5.41) is 12.8. The number of primary amides is 1. The highest BCUT2D eigenvalue weighted by atomic mass is 16.6. The molecule has 0 aliphatic rings. The third kappa shape index (κ3) is 9.24. The molecular weight excluding hydrogens is 356 g/mol. The molecule has 1 aromatic carbocycles. The second-order valence-corrected chi connectivity index (χ2v) is 6.84. The zero-order chi connectivity index (χ0) is 20.6. The summed E-state index contributed by atoms with van der Waals surface area (Å²) in [5.41, 5.74) is 5.47. The molecule has 0 fully saturated rings. The number of nitrogens with one attached hydrogen (secondary N) is 1. The molecule has 0 aliphatic carbocycles. The topological polar surface area (TPSA) is 148 Å². The molecule has 3 N–H and O–H groups in total. The first-order valence-corrected chi connectivity index (χ1v) is 8.18. The van der Waals surface area contributed by atoms with Gasteiger partial charge < -0.3 is 30.4 Å². The molecule has 0 bridgehead atoms. The Hall–Kier alpha value is -3.10. The Bertz CT molecular complexity index is 693. The fourth-order valence-electron chi connectivity index (χ4n) is 2.02. The molecule has 9 heteroatoms. The van der Waals surface area contributed by atoms with E-state index in [-0.39, 0.29) is 13.0 Å². The van der Waals surface area contributed by atoms with E-state index in [1.165, 1.54) is 0 Å². The van der Waals surface area contributed by atoms with Gasteiger partial charge in [0.05, 0.1) is 6.42 Å². The molecule has 9 nitrogen and oxygen atoms in total. The van der Waals surface area contributed by atoms with Gasteiger partial charge in [-0.25, -0.2) is 9.59 Å². The van der Waals surface area contributed by atoms with Crippen LogP contribution in [-0.2, 0) is 36.9 Å². The average molecular weight is 379 g/mol. The molecule has 1 aromatic rings. The van der Waals surface area contributed by atoms with E-state index in [2.05, 4.69) is 5.32 Å². The van der Waals surface area contributed by atoms with Gasteiger partial charge in [0.15, 0.2) is 0 Å². The van der Waals surface area contributed by atoms with Crippen LogP contribution in [0.1, 0.15) is 38.3 Å². The van der Waals surface area contributed by atoms with Crippen LogP contribution in [0.5, 0.6) is 0 Å². The number of hydrogen-bond acceptors (Lipinski definition) is 7. The number of carbonyl (C=O) groups excluding carboxylic acids is 4. The van der Waals surface area contributed by atoms with Crippen LogP contribution in [-0.4, -0.2) is 35.6 Å². The van der Waals surface area contributed by atoms with Crippen LogP contribution in [0.4, 0.5) is 4.79 Å². The number of nitrogens with two attached hydrogens (primary N) is 1. The van der Waals surface area contributed by atoms with E-state index in [1.54, 1.807) is 45.0 Å². The predicted octanol–water partition coefficient (Wildman–Crippen LogP) is -0.209. The fourth-order valence-corrected chi connectivity index (χ4v) is 2.02. The summed E-state index contributed by atoms with van der Waals surface area (Å²) in [5.74, 6) is -2.84. The second-order valence-electron chi connectivity index (χ2n) is 6.84. The van der Waals surface area contributed by atoms with Crippen molar-refractivity contribution in [1.29, 1.82) is 0 Å². The van der Waals surface area contributed by atoms with Gasteiger partial charge in [-0.05, 0) is 31.9 Å². The van der Waals surface area contributed by atoms with Crippen molar-refractivity contribution in [2.75, 3.05) is 0 Å². The van der Waals surface area contributed by atoms with E-state index in [0.717, 1.165) is 0 Å². The maximum atomic E-state index is 12.2. The molecule has 0 aromatic heterocycles. The van der Waals surface area contributed by atoms with Crippen molar-refractivity contribution in [3.63, 3.8) is 0 Å². The van der Waals surface area contributed by atoms with Crippen molar-refractivity contribution in [3.05, 3.63) is 35.4 Å². The van der Waals surface area contributed by atoms with E-state index in [1.807, 2.05) is 0 Å². The minimum atomic E-state index is -1.28. The number of hydrogen-bond donors (Lipinski definition) is 2. The third-order valence-corrected chi connectivity index (χ3v) is 3.13. The molecule has 0 heterocycles. The maximum Gasteiger partial charge on any atom is 0.408 e. The second kappa shape index (κ2) is 9.56. The summed E-state index contributed by atoms with van der Waals surface area (Å²) >= 11 is 0. The maximum absolute atomic E-state index is 12.2. The van der Waals surface area contributed by atoms with E-state index < -0.39 is 42.0 Å². The molecule has 0 spiro atoms. The lowest BCUT2D eigenvalue weighted by Crippen LogP contribution is -2.46. The Morgan fingerprint density at radius 2 is 1.67 bits per heavy atom. The van der Waals surface area contributed by atoms with Crippen LogP contribution in [0, 0.1) is 0 Å². The number of alkyl carbamates (subject to hydrolysis) is 1. The van der Waals surface area contributed by atoms with Crippen LogP contribution in [0.2, 0.25) is 0 Å². The summed E-state index contributed by atoms with van der Waals surface area (Å²) in [7, 11) is 0. The molecule has 0 saturated heterocycles. The van der Waals surface area contributed by atoms with Gasteiger partial charge in [0, 0.05) is 12.4 Å². The Morgan fingerprint density at radius 1 is 1.11 bits per heavy atom. The summed E-state index contributed by atoms with van der Waals surface area (Å²) in [6.45, 7) is 4.82. The first-order chi connectivity index (χ1) is 12.5. The lowest BCUT2D eigenvalue weighted by molar-refractivity contribution is -0.304.